The molecule has 4 amide bonds. The third kappa shape index (κ3) is 4.80. The lowest BCUT2D eigenvalue weighted by molar-refractivity contribution is -0.152. The lowest BCUT2D eigenvalue weighted by atomic mass is 9.97. The minimum absolute atomic E-state index is 0.0339. The number of anilines is 2. The Hall–Kier alpha value is -4.01. The van der Waals surface area contributed by atoms with Crippen molar-refractivity contribution in [1.82, 2.24) is 4.90 Å². The van der Waals surface area contributed by atoms with Gasteiger partial charge in [0.25, 0.3) is 17.7 Å². The molecule has 182 valence electrons. The molecule has 1 N–H and O–H groups in total. The van der Waals surface area contributed by atoms with Crippen LogP contribution in [0.1, 0.15) is 53.8 Å². The number of amides is 4. The van der Waals surface area contributed by atoms with E-state index in [-0.39, 0.29) is 23.0 Å². The summed E-state index contributed by atoms with van der Waals surface area (Å²) in [5, 5.41) is 2.66. The Bertz CT molecular complexity index is 1160. The van der Waals surface area contributed by atoms with E-state index in [4.69, 9.17) is 4.74 Å². The third-order valence-corrected chi connectivity index (χ3v) is 6.39. The predicted molar refractivity (Wildman–Crippen MR) is 128 cm³/mol. The van der Waals surface area contributed by atoms with Crippen molar-refractivity contribution < 1.29 is 28.7 Å². The summed E-state index contributed by atoms with van der Waals surface area (Å²) in [5.74, 6) is -2.83. The van der Waals surface area contributed by atoms with Crippen LogP contribution in [0, 0.1) is 5.92 Å². The molecule has 2 heterocycles. The number of rotatable bonds is 8. The van der Waals surface area contributed by atoms with E-state index in [1.165, 1.54) is 0 Å². The molecule has 0 radical (unpaired) electrons. The average Bonchev–Trinajstić information content (AvgIpc) is 3.40. The second-order valence-electron chi connectivity index (χ2n) is 8.71. The number of nitrogens with one attached hydrogen (secondary N) is 1. The van der Waals surface area contributed by atoms with Crippen molar-refractivity contribution in [2.45, 2.75) is 39.2 Å². The number of carbonyl (C=O) groups is 5. The Morgan fingerprint density at radius 2 is 1.71 bits per heavy atom. The van der Waals surface area contributed by atoms with E-state index in [0.717, 1.165) is 11.3 Å². The fourth-order valence-corrected chi connectivity index (χ4v) is 4.37. The first-order chi connectivity index (χ1) is 16.8. The molecule has 2 aromatic carbocycles. The second kappa shape index (κ2) is 10.1. The maximum atomic E-state index is 13.0. The van der Waals surface area contributed by atoms with Crippen LogP contribution >= 0.6 is 0 Å². The van der Waals surface area contributed by atoms with Crippen LogP contribution in [0.2, 0.25) is 0 Å². The Morgan fingerprint density at radius 1 is 1.03 bits per heavy atom. The maximum absolute atomic E-state index is 13.0. The molecule has 9 nitrogen and oxygen atoms in total. The fraction of sp³-hybridized carbons (Fsp3) is 0.346. The summed E-state index contributed by atoms with van der Waals surface area (Å²) in [4.78, 5) is 65.9. The Balaban J connectivity index is 1.42. The SMILES string of the molecule is CC[C@H](C)[C@@H](C(=O)OCC(=O)Nc1cccc(N2CCCC2=O)c1)N1C(=O)c2ccccc2C1=O. The Morgan fingerprint density at radius 3 is 2.31 bits per heavy atom. The van der Waals surface area contributed by atoms with Crippen LogP contribution in [0.5, 0.6) is 0 Å². The zero-order valence-corrected chi connectivity index (χ0v) is 19.7. The van der Waals surface area contributed by atoms with E-state index in [1.54, 1.807) is 60.4 Å². The van der Waals surface area contributed by atoms with Gasteiger partial charge >= 0.3 is 5.97 Å². The van der Waals surface area contributed by atoms with E-state index >= 15 is 0 Å². The van der Waals surface area contributed by atoms with Crippen molar-refractivity contribution in [2.24, 2.45) is 5.92 Å². The number of carbonyl (C=O) groups excluding carboxylic acids is 5. The number of ether oxygens (including phenoxy) is 1. The van der Waals surface area contributed by atoms with Crippen LogP contribution in [0.15, 0.2) is 48.5 Å². The lowest BCUT2D eigenvalue weighted by Gasteiger charge is -2.28. The summed E-state index contributed by atoms with van der Waals surface area (Å²) in [6.45, 7) is 3.64. The van der Waals surface area contributed by atoms with Gasteiger partial charge in [-0.1, -0.05) is 38.5 Å². The lowest BCUT2D eigenvalue weighted by Crippen LogP contribution is -2.49. The molecular formula is C26H27N3O6. The van der Waals surface area contributed by atoms with Gasteiger partial charge in [0.05, 0.1) is 11.1 Å². The van der Waals surface area contributed by atoms with Gasteiger partial charge in [0.2, 0.25) is 5.91 Å². The van der Waals surface area contributed by atoms with E-state index in [0.29, 0.717) is 30.8 Å². The molecule has 1 fully saturated rings. The minimum Gasteiger partial charge on any atom is -0.454 e. The molecule has 9 heteroatoms. The molecule has 2 atom stereocenters. The quantitative estimate of drug-likeness (QED) is 0.462. The van der Waals surface area contributed by atoms with Gasteiger partial charge in [0.1, 0.15) is 6.04 Å². The molecule has 2 aromatic rings. The number of esters is 1. The standard InChI is InChI=1S/C26H27N3O6/c1-3-16(2)23(29-24(32)19-10-4-5-11-20(19)25(29)33)26(34)35-15-21(30)27-17-8-6-9-18(14-17)28-13-7-12-22(28)31/h4-6,8-11,14,16,23H,3,7,12-13,15H2,1-2H3,(H,27,30)/t16-,23-/m0/s1. The highest BCUT2D eigenvalue weighted by molar-refractivity contribution is 6.22. The van der Waals surface area contributed by atoms with Crippen LogP contribution < -0.4 is 10.2 Å². The van der Waals surface area contributed by atoms with Gasteiger partial charge in [-0.3, -0.25) is 24.1 Å². The Labute approximate surface area is 203 Å². The van der Waals surface area contributed by atoms with Crippen molar-refractivity contribution in [3.05, 3.63) is 59.7 Å². The zero-order chi connectivity index (χ0) is 25.1. The smallest absolute Gasteiger partial charge is 0.330 e. The van der Waals surface area contributed by atoms with Crippen LogP contribution in [0.25, 0.3) is 0 Å². The number of nitrogens with zero attached hydrogens (tertiary/aromatic N) is 2. The number of hydrogen-bond donors (Lipinski definition) is 1. The topological polar surface area (TPSA) is 113 Å². The van der Waals surface area contributed by atoms with Crippen LogP contribution in [-0.4, -0.2) is 53.7 Å². The molecule has 0 saturated carbocycles. The van der Waals surface area contributed by atoms with E-state index in [2.05, 4.69) is 5.32 Å². The predicted octanol–water partition coefficient (Wildman–Crippen LogP) is 3.01. The molecule has 4 rings (SSSR count). The number of hydrogen-bond acceptors (Lipinski definition) is 6. The molecule has 0 aromatic heterocycles. The first-order valence-electron chi connectivity index (χ1n) is 11.7. The van der Waals surface area contributed by atoms with Gasteiger partial charge < -0.3 is 15.0 Å². The molecule has 2 aliphatic heterocycles. The van der Waals surface area contributed by atoms with Gasteiger partial charge in [-0.2, -0.15) is 0 Å². The largest absolute Gasteiger partial charge is 0.454 e. The summed E-state index contributed by atoms with van der Waals surface area (Å²) in [7, 11) is 0. The minimum atomic E-state index is -1.15. The third-order valence-electron chi connectivity index (χ3n) is 6.39. The van der Waals surface area contributed by atoms with Gasteiger partial charge in [0, 0.05) is 24.3 Å². The Kier molecular flexibility index (Phi) is 6.95. The van der Waals surface area contributed by atoms with Gasteiger partial charge in [-0.25, -0.2) is 4.79 Å². The van der Waals surface area contributed by atoms with Crippen molar-refractivity contribution in [3.8, 4) is 0 Å². The van der Waals surface area contributed by atoms with E-state index in [1.807, 2.05) is 6.92 Å². The average molecular weight is 478 g/mol. The molecule has 0 aliphatic carbocycles. The van der Waals surface area contributed by atoms with Gasteiger partial charge in [-0.15, -0.1) is 0 Å². The molecule has 2 aliphatic rings. The summed E-state index contributed by atoms with van der Waals surface area (Å²) >= 11 is 0. The zero-order valence-electron chi connectivity index (χ0n) is 19.7. The molecule has 35 heavy (non-hydrogen) atoms. The first kappa shape index (κ1) is 24.1. The van der Waals surface area contributed by atoms with Crippen molar-refractivity contribution in [2.75, 3.05) is 23.4 Å². The van der Waals surface area contributed by atoms with E-state index < -0.39 is 36.3 Å². The highest BCUT2D eigenvalue weighted by atomic mass is 16.5. The summed E-state index contributed by atoms with van der Waals surface area (Å²) in [5.41, 5.74) is 1.63. The second-order valence-corrected chi connectivity index (χ2v) is 8.71. The molecule has 1 saturated heterocycles. The monoisotopic (exact) mass is 477 g/mol. The molecule has 0 spiro atoms. The molecular weight excluding hydrogens is 450 g/mol. The molecule has 0 unspecified atom stereocenters. The number of fused-ring (bicyclic) bond motifs is 1. The highest BCUT2D eigenvalue weighted by Gasteiger charge is 2.45. The summed E-state index contributed by atoms with van der Waals surface area (Å²) in [6, 6.07) is 12.1. The maximum Gasteiger partial charge on any atom is 0.330 e. The highest BCUT2D eigenvalue weighted by Crippen LogP contribution is 2.29. The van der Waals surface area contributed by atoms with Gasteiger partial charge in [-0.05, 0) is 42.7 Å². The van der Waals surface area contributed by atoms with Crippen molar-refractivity contribution >= 4 is 41.0 Å². The summed E-state index contributed by atoms with van der Waals surface area (Å²) in [6.07, 6.45) is 1.80. The number of imide groups is 1. The number of benzene rings is 2. The summed E-state index contributed by atoms with van der Waals surface area (Å²) < 4.78 is 5.25. The fourth-order valence-electron chi connectivity index (χ4n) is 4.37. The van der Waals surface area contributed by atoms with Crippen LogP contribution in [-0.2, 0) is 19.1 Å². The van der Waals surface area contributed by atoms with Crippen molar-refractivity contribution in [3.63, 3.8) is 0 Å². The van der Waals surface area contributed by atoms with Crippen LogP contribution in [0.4, 0.5) is 11.4 Å². The first-order valence-corrected chi connectivity index (χ1v) is 11.7. The van der Waals surface area contributed by atoms with E-state index in [9.17, 15) is 24.0 Å². The van der Waals surface area contributed by atoms with Gasteiger partial charge in [0.15, 0.2) is 6.61 Å². The normalized spacial score (nSPS) is 16.8. The molecule has 0 bridgehead atoms. The van der Waals surface area contributed by atoms with Crippen LogP contribution in [0.3, 0.4) is 0 Å². The van der Waals surface area contributed by atoms with Crippen molar-refractivity contribution in [1.29, 1.82) is 0 Å².